The van der Waals surface area contributed by atoms with Crippen molar-refractivity contribution in [2.45, 2.75) is 25.6 Å². The molecule has 0 unspecified atom stereocenters. The van der Waals surface area contributed by atoms with Crippen molar-refractivity contribution in [3.8, 4) is 5.75 Å². The van der Waals surface area contributed by atoms with Crippen LogP contribution in [0.3, 0.4) is 0 Å². The van der Waals surface area contributed by atoms with Gasteiger partial charge in [0, 0.05) is 19.3 Å². The van der Waals surface area contributed by atoms with Crippen LogP contribution in [0.5, 0.6) is 5.75 Å². The zero-order valence-electron chi connectivity index (χ0n) is 19.7. The van der Waals surface area contributed by atoms with Crippen LogP contribution >= 0.6 is 0 Å². The van der Waals surface area contributed by atoms with Crippen LogP contribution in [0.2, 0.25) is 0 Å². The van der Waals surface area contributed by atoms with Crippen molar-refractivity contribution >= 4 is 17.7 Å². The molecule has 11 heteroatoms. The van der Waals surface area contributed by atoms with E-state index in [4.69, 9.17) is 24.5 Å². The number of anilines is 1. The van der Waals surface area contributed by atoms with Gasteiger partial charge in [-0.25, -0.2) is 19.1 Å². The van der Waals surface area contributed by atoms with Gasteiger partial charge in [-0.1, -0.05) is 24.3 Å². The van der Waals surface area contributed by atoms with Gasteiger partial charge < -0.3 is 19.3 Å². The number of halogens is 2. The standard InChI is InChI=1S/C25H28F2N2O7/c1-16(14-23(31)29-33)4-3-5-22(34-2)24(17-6-9-19(10-7-17)35-13-12-30)36-25(32)28-21-11-8-18(26)15-20(21)27/h3-4,6-11,14-15,22,24,30,33H,5,12-13H2,1-2H3,(H,28,32)(H,29,31)/b4-3+,16-14+/t22-,24-/m1/s1. The third-order valence-corrected chi connectivity index (χ3v) is 4.83. The second-order valence-electron chi connectivity index (χ2n) is 7.49. The number of rotatable bonds is 12. The Morgan fingerprint density at radius 2 is 1.86 bits per heavy atom. The summed E-state index contributed by atoms with van der Waals surface area (Å²) in [5.41, 5.74) is 2.32. The summed E-state index contributed by atoms with van der Waals surface area (Å²) in [7, 11) is 1.42. The molecule has 0 aliphatic rings. The molecule has 4 N–H and O–H groups in total. The van der Waals surface area contributed by atoms with Gasteiger partial charge in [-0.15, -0.1) is 0 Å². The average molecular weight is 507 g/mol. The van der Waals surface area contributed by atoms with E-state index in [1.165, 1.54) is 18.7 Å². The molecule has 0 bridgehead atoms. The lowest BCUT2D eigenvalue weighted by Crippen LogP contribution is -2.28. The maximum atomic E-state index is 14.0. The minimum Gasteiger partial charge on any atom is -0.491 e. The molecular formula is C25H28F2N2O7. The summed E-state index contributed by atoms with van der Waals surface area (Å²) < 4.78 is 43.6. The van der Waals surface area contributed by atoms with Crippen molar-refractivity contribution in [1.82, 2.24) is 5.48 Å². The van der Waals surface area contributed by atoms with E-state index >= 15 is 0 Å². The van der Waals surface area contributed by atoms with Gasteiger partial charge in [-0.05, 0) is 48.7 Å². The molecule has 0 heterocycles. The number of carbonyl (C=O) groups excluding carboxylic acids is 2. The molecule has 0 radical (unpaired) electrons. The number of benzene rings is 2. The van der Waals surface area contributed by atoms with E-state index in [-0.39, 0.29) is 25.3 Å². The highest BCUT2D eigenvalue weighted by atomic mass is 19.1. The van der Waals surface area contributed by atoms with E-state index in [1.54, 1.807) is 43.3 Å². The molecule has 194 valence electrons. The zero-order valence-corrected chi connectivity index (χ0v) is 19.7. The number of hydrogen-bond donors (Lipinski definition) is 4. The molecule has 0 aliphatic heterocycles. The third-order valence-electron chi connectivity index (χ3n) is 4.83. The number of aliphatic hydroxyl groups is 1. The Morgan fingerprint density at radius 1 is 1.14 bits per heavy atom. The zero-order chi connectivity index (χ0) is 26.5. The molecule has 0 saturated carbocycles. The lowest BCUT2D eigenvalue weighted by atomic mass is 10.0. The lowest BCUT2D eigenvalue weighted by molar-refractivity contribution is -0.124. The van der Waals surface area contributed by atoms with Crippen molar-refractivity contribution in [3.05, 3.63) is 83.5 Å². The minimum absolute atomic E-state index is 0.109. The Kier molecular flexibility index (Phi) is 11.5. The maximum absolute atomic E-state index is 14.0. The second kappa shape index (κ2) is 14.6. The smallest absolute Gasteiger partial charge is 0.412 e. The molecule has 0 saturated heterocycles. The topological polar surface area (TPSA) is 126 Å². The number of ether oxygens (including phenoxy) is 3. The predicted octanol–water partition coefficient (Wildman–Crippen LogP) is 4.04. The third kappa shape index (κ3) is 9.10. The average Bonchev–Trinajstić information content (AvgIpc) is 2.86. The molecule has 9 nitrogen and oxygen atoms in total. The van der Waals surface area contributed by atoms with Crippen LogP contribution in [0.15, 0.2) is 66.3 Å². The van der Waals surface area contributed by atoms with Gasteiger partial charge >= 0.3 is 6.09 Å². The first kappa shape index (κ1) is 28.4. The number of amides is 2. The van der Waals surface area contributed by atoms with Gasteiger partial charge in [0.25, 0.3) is 5.91 Å². The fraction of sp³-hybridized carbons (Fsp3) is 0.280. The summed E-state index contributed by atoms with van der Waals surface area (Å²) in [6.07, 6.45) is 2.09. The molecule has 0 spiro atoms. The summed E-state index contributed by atoms with van der Waals surface area (Å²) in [6.45, 7) is 1.61. The van der Waals surface area contributed by atoms with E-state index in [1.807, 2.05) is 0 Å². The fourth-order valence-corrected chi connectivity index (χ4v) is 3.14. The van der Waals surface area contributed by atoms with Gasteiger partial charge in [0.05, 0.1) is 12.3 Å². The van der Waals surface area contributed by atoms with Crippen LogP contribution in [0.25, 0.3) is 0 Å². The van der Waals surface area contributed by atoms with E-state index in [9.17, 15) is 18.4 Å². The number of hydrogen-bond acceptors (Lipinski definition) is 7. The quantitative estimate of drug-likeness (QED) is 0.148. The van der Waals surface area contributed by atoms with Gasteiger partial charge in [-0.3, -0.25) is 15.3 Å². The fourth-order valence-electron chi connectivity index (χ4n) is 3.14. The van der Waals surface area contributed by atoms with E-state index < -0.39 is 35.8 Å². The summed E-state index contributed by atoms with van der Waals surface area (Å²) in [5.74, 6) is -1.95. The number of carbonyl (C=O) groups is 2. The Hall–Kier alpha value is -3.80. The summed E-state index contributed by atoms with van der Waals surface area (Å²) >= 11 is 0. The minimum atomic E-state index is -0.993. The lowest BCUT2D eigenvalue weighted by Gasteiger charge is -2.26. The largest absolute Gasteiger partial charge is 0.491 e. The molecule has 2 amide bonds. The Morgan fingerprint density at radius 3 is 2.47 bits per heavy atom. The highest BCUT2D eigenvalue weighted by Gasteiger charge is 2.27. The second-order valence-corrected chi connectivity index (χ2v) is 7.49. The summed E-state index contributed by atoms with van der Waals surface area (Å²) in [6, 6.07) is 9.25. The van der Waals surface area contributed by atoms with Gasteiger partial charge in [0.15, 0.2) is 6.10 Å². The number of aliphatic hydroxyl groups excluding tert-OH is 1. The molecule has 2 rings (SSSR count). The molecule has 0 fully saturated rings. The first-order chi connectivity index (χ1) is 17.3. The van der Waals surface area contributed by atoms with Crippen LogP contribution < -0.4 is 15.5 Å². The first-order valence-electron chi connectivity index (χ1n) is 10.8. The number of hydroxylamine groups is 1. The predicted molar refractivity (Wildman–Crippen MR) is 126 cm³/mol. The summed E-state index contributed by atoms with van der Waals surface area (Å²) in [5, 5.41) is 19.8. The van der Waals surface area contributed by atoms with Gasteiger partial charge in [-0.2, -0.15) is 0 Å². The summed E-state index contributed by atoms with van der Waals surface area (Å²) in [4.78, 5) is 23.8. The number of allylic oxidation sites excluding steroid dienone is 2. The molecular weight excluding hydrogens is 478 g/mol. The van der Waals surface area contributed by atoms with Crippen molar-refractivity contribution in [2.75, 3.05) is 25.6 Å². The van der Waals surface area contributed by atoms with Gasteiger partial charge in [0.2, 0.25) is 0 Å². The van der Waals surface area contributed by atoms with Crippen LogP contribution in [0, 0.1) is 11.6 Å². The normalized spacial score (nSPS) is 13.2. The Bertz CT molecular complexity index is 1070. The van der Waals surface area contributed by atoms with Crippen molar-refractivity contribution < 1.29 is 42.9 Å². The molecule has 36 heavy (non-hydrogen) atoms. The SMILES string of the molecule is CO[C@H](C/C=C/C(C)=C/C(=O)NO)[C@H](OC(=O)Nc1ccc(F)cc1F)c1ccc(OCCO)cc1. The van der Waals surface area contributed by atoms with Crippen LogP contribution in [0.4, 0.5) is 19.3 Å². The van der Waals surface area contributed by atoms with E-state index in [2.05, 4.69) is 5.32 Å². The molecule has 2 aromatic carbocycles. The Balaban J connectivity index is 2.24. The number of methoxy groups -OCH3 is 1. The monoisotopic (exact) mass is 506 g/mol. The van der Waals surface area contributed by atoms with Crippen molar-refractivity contribution in [2.24, 2.45) is 0 Å². The maximum Gasteiger partial charge on any atom is 0.412 e. The first-order valence-corrected chi connectivity index (χ1v) is 10.8. The highest BCUT2D eigenvalue weighted by molar-refractivity contribution is 5.87. The Labute approximate surface area is 206 Å². The van der Waals surface area contributed by atoms with Crippen molar-refractivity contribution in [1.29, 1.82) is 0 Å². The van der Waals surface area contributed by atoms with Gasteiger partial charge in [0.1, 0.15) is 30.1 Å². The van der Waals surface area contributed by atoms with Crippen molar-refractivity contribution in [3.63, 3.8) is 0 Å². The van der Waals surface area contributed by atoms with Crippen LogP contribution in [-0.4, -0.2) is 48.7 Å². The number of nitrogens with one attached hydrogen (secondary N) is 2. The highest BCUT2D eigenvalue weighted by Crippen LogP contribution is 2.29. The molecule has 2 atom stereocenters. The van der Waals surface area contributed by atoms with E-state index in [0.29, 0.717) is 23.0 Å². The molecule has 2 aromatic rings. The molecule has 0 aliphatic carbocycles. The van der Waals surface area contributed by atoms with Crippen LogP contribution in [-0.2, 0) is 14.3 Å². The molecule has 0 aromatic heterocycles. The van der Waals surface area contributed by atoms with E-state index in [0.717, 1.165) is 12.1 Å². The van der Waals surface area contributed by atoms with Crippen LogP contribution in [0.1, 0.15) is 25.0 Å².